The van der Waals surface area contributed by atoms with E-state index in [2.05, 4.69) is 29.2 Å². The fraction of sp³-hybridized carbons (Fsp3) is 0.412. The first-order chi connectivity index (χ1) is 10.0. The maximum atomic E-state index is 10.4. The number of hydrogen-bond acceptors (Lipinski definition) is 3. The van der Waals surface area contributed by atoms with E-state index in [-0.39, 0.29) is 12.0 Å². The number of aliphatic hydroxyl groups excluding tert-OH is 1. The largest absolute Gasteiger partial charge is 0.371 e. The van der Waals surface area contributed by atoms with Crippen molar-refractivity contribution >= 4 is 22.6 Å². The minimum Gasteiger partial charge on any atom is -0.371 e. The van der Waals surface area contributed by atoms with Gasteiger partial charge in [0.15, 0.2) is 6.29 Å². The Morgan fingerprint density at radius 3 is 2.43 bits per heavy atom. The van der Waals surface area contributed by atoms with Crippen molar-refractivity contribution in [2.24, 2.45) is 5.92 Å². The van der Waals surface area contributed by atoms with Gasteiger partial charge in [0.2, 0.25) is 0 Å². The third-order valence-electron chi connectivity index (χ3n) is 3.40. The quantitative estimate of drug-likeness (QED) is 0.402. The summed E-state index contributed by atoms with van der Waals surface area (Å²) in [5.74, 6) is 0.0962. The smallest absolute Gasteiger partial charge is 0.186 e. The lowest BCUT2D eigenvalue weighted by Crippen LogP contribution is -2.32. The molecule has 3 nitrogen and oxygen atoms in total. The zero-order valence-electron chi connectivity index (χ0n) is 12.7. The molecule has 4 atom stereocenters. The molecule has 0 heterocycles. The Morgan fingerprint density at radius 2 is 1.95 bits per heavy atom. The molecule has 0 saturated heterocycles. The molecule has 21 heavy (non-hydrogen) atoms. The van der Waals surface area contributed by atoms with Gasteiger partial charge in [-0.1, -0.05) is 65.9 Å². The summed E-state index contributed by atoms with van der Waals surface area (Å²) in [4.78, 5) is 0. The van der Waals surface area contributed by atoms with Crippen LogP contribution < -0.4 is 0 Å². The van der Waals surface area contributed by atoms with Crippen LogP contribution in [-0.4, -0.2) is 24.6 Å². The molecule has 0 aliphatic rings. The van der Waals surface area contributed by atoms with E-state index in [1.54, 1.807) is 7.11 Å². The van der Waals surface area contributed by atoms with Gasteiger partial charge >= 0.3 is 0 Å². The molecule has 0 aromatic heterocycles. The first-order valence-electron chi connectivity index (χ1n) is 6.85. The molecule has 0 amide bonds. The summed E-state index contributed by atoms with van der Waals surface area (Å²) in [6.45, 7) is 7.80. The van der Waals surface area contributed by atoms with Gasteiger partial charge in [0, 0.05) is 13.0 Å². The van der Waals surface area contributed by atoms with Crippen LogP contribution in [0.1, 0.15) is 25.5 Å². The van der Waals surface area contributed by atoms with E-state index in [4.69, 9.17) is 9.47 Å². The predicted molar refractivity (Wildman–Crippen MR) is 94.2 cm³/mol. The third kappa shape index (κ3) is 5.21. The Balaban J connectivity index is 2.89. The molecule has 0 aliphatic heterocycles. The van der Waals surface area contributed by atoms with E-state index in [9.17, 15) is 5.11 Å². The van der Waals surface area contributed by atoms with Gasteiger partial charge in [0.1, 0.15) is 6.10 Å². The Bertz CT molecular complexity index is 458. The van der Waals surface area contributed by atoms with Crippen molar-refractivity contribution in [3.05, 3.63) is 58.2 Å². The standard InChI is InChI=1S/C17H23IO3/c1-5-12(2)15(13(3)11-18)21-17(19)16(20-4)14-9-7-6-8-10-14/h5-12,15-17,19H,1H2,2-4H3/b13-11+/t12-,15-,16+,17?/m0/s1. The highest BCUT2D eigenvalue weighted by atomic mass is 127. The minimum absolute atomic E-state index is 0.0962. The highest BCUT2D eigenvalue weighted by molar-refractivity contribution is 14.1. The molecule has 1 aromatic rings. The molecule has 1 rings (SSSR count). The molecule has 116 valence electrons. The zero-order valence-corrected chi connectivity index (χ0v) is 14.9. The first kappa shape index (κ1) is 18.4. The highest BCUT2D eigenvalue weighted by Gasteiger charge is 2.27. The van der Waals surface area contributed by atoms with Gasteiger partial charge in [-0.05, 0) is 22.1 Å². The first-order valence-corrected chi connectivity index (χ1v) is 8.10. The second-order valence-electron chi connectivity index (χ2n) is 4.96. The summed E-state index contributed by atoms with van der Waals surface area (Å²) >= 11 is 2.17. The maximum Gasteiger partial charge on any atom is 0.186 e. The monoisotopic (exact) mass is 402 g/mol. The summed E-state index contributed by atoms with van der Waals surface area (Å²) in [5, 5.41) is 10.4. The summed E-state index contributed by atoms with van der Waals surface area (Å²) in [5.41, 5.74) is 1.93. The molecular formula is C17H23IO3. The van der Waals surface area contributed by atoms with Gasteiger partial charge in [-0.3, -0.25) is 0 Å². The highest BCUT2D eigenvalue weighted by Crippen LogP contribution is 2.26. The molecule has 1 aromatic carbocycles. The van der Waals surface area contributed by atoms with E-state index in [1.165, 1.54) is 0 Å². The van der Waals surface area contributed by atoms with Gasteiger partial charge in [-0.25, -0.2) is 0 Å². The molecule has 0 radical (unpaired) electrons. The van der Waals surface area contributed by atoms with Crippen LogP contribution >= 0.6 is 22.6 Å². The summed E-state index contributed by atoms with van der Waals surface area (Å²) in [6.07, 6.45) is 0.0327. The molecular weight excluding hydrogens is 379 g/mol. The fourth-order valence-electron chi connectivity index (χ4n) is 2.11. The molecule has 0 aliphatic carbocycles. The summed E-state index contributed by atoms with van der Waals surface area (Å²) in [7, 11) is 1.57. The topological polar surface area (TPSA) is 38.7 Å². The van der Waals surface area contributed by atoms with Gasteiger partial charge < -0.3 is 14.6 Å². The molecule has 4 heteroatoms. The van der Waals surface area contributed by atoms with E-state index in [0.29, 0.717) is 0 Å². The van der Waals surface area contributed by atoms with Crippen molar-refractivity contribution in [1.82, 2.24) is 0 Å². The lowest BCUT2D eigenvalue weighted by atomic mass is 9.99. The minimum atomic E-state index is -1.05. The van der Waals surface area contributed by atoms with E-state index in [1.807, 2.05) is 54.3 Å². The molecule has 0 fully saturated rings. The van der Waals surface area contributed by atoms with Crippen molar-refractivity contribution in [1.29, 1.82) is 0 Å². The number of methoxy groups -OCH3 is 1. The normalized spacial score (nSPS) is 17.9. The third-order valence-corrected chi connectivity index (χ3v) is 4.38. The predicted octanol–water partition coefficient (Wildman–Crippen LogP) is 4.24. The average molecular weight is 402 g/mol. The Hall–Kier alpha value is -0.690. The second kappa shape index (κ2) is 9.35. The van der Waals surface area contributed by atoms with Crippen molar-refractivity contribution in [3.8, 4) is 0 Å². The van der Waals surface area contributed by atoms with E-state index in [0.717, 1.165) is 11.1 Å². The lowest BCUT2D eigenvalue weighted by Gasteiger charge is -2.29. The Labute approximate surface area is 140 Å². The van der Waals surface area contributed by atoms with Crippen molar-refractivity contribution in [2.45, 2.75) is 32.3 Å². The van der Waals surface area contributed by atoms with Crippen molar-refractivity contribution in [2.75, 3.05) is 7.11 Å². The number of ether oxygens (including phenoxy) is 2. The molecule has 1 unspecified atom stereocenters. The fourth-order valence-corrected chi connectivity index (χ4v) is 2.47. The van der Waals surface area contributed by atoms with Gasteiger partial charge in [-0.15, -0.1) is 6.58 Å². The number of halogens is 1. The van der Waals surface area contributed by atoms with Crippen molar-refractivity contribution in [3.63, 3.8) is 0 Å². The van der Waals surface area contributed by atoms with Gasteiger partial charge in [0.25, 0.3) is 0 Å². The Morgan fingerprint density at radius 1 is 1.33 bits per heavy atom. The average Bonchev–Trinajstić information content (AvgIpc) is 2.52. The number of benzene rings is 1. The number of hydrogen-bond donors (Lipinski definition) is 1. The molecule has 1 N–H and O–H groups in total. The molecule has 0 saturated carbocycles. The van der Waals surface area contributed by atoms with Crippen LogP contribution in [0.25, 0.3) is 0 Å². The van der Waals surface area contributed by atoms with E-state index >= 15 is 0 Å². The van der Waals surface area contributed by atoms with Crippen LogP contribution in [0.5, 0.6) is 0 Å². The SMILES string of the molecule is C=C[C@H](C)[C@H](OC(O)[C@H](OC)c1ccccc1)/C(C)=C/I. The van der Waals surface area contributed by atoms with Crippen LogP contribution in [-0.2, 0) is 9.47 Å². The van der Waals surface area contributed by atoms with Crippen LogP contribution in [0.4, 0.5) is 0 Å². The zero-order chi connectivity index (χ0) is 15.8. The molecule has 0 bridgehead atoms. The number of aliphatic hydroxyl groups is 1. The second-order valence-corrected chi connectivity index (χ2v) is 5.58. The summed E-state index contributed by atoms with van der Waals surface area (Å²) < 4.78 is 13.2. The van der Waals surface area contributed by atoms with Gasteiger partial charge in [0.05, 0.1) is 6.10 Å². The number of rotatable bonds is 8. The van der Waals surface area contributed by atoms with Crippen LogP contribution in [0, 0.1) is 5.92 Å². The van der Waals surface area contributed by atoms with Gasteiger partial charge in [-0.2, -0.15) is 0 Å². The Kier molecular flexibility index (Phi) is 8.18. The summed E-state index contributed by atoms with van der Waals surface area (Å²) in [6, 6.07) is 9.57. The van der Waals surface area contributed by atoms with Crippen LogP contribution in [0.3, 0.4) is 0 Å². The van der Waals surface area contributed by atoms with Crippen molar-refractivity contribution < 1.29 is 14.6 Å². The lowest BCUT2D eigenvalue weighted by molar-refractivity contribution is -0.195. The maximum absolute atomic E-state index is 10.4. The van der Waals surface area contributed by atoms with Crippen LogP contribution in [0.2, 0.25) is 0 Å². The van der Waals surface area contributed by atoms with Crippen LogP contribution in [0.15, 0.2) is 52.6 Å². The molecule has 0 spiro atoms. The van der Waals surface area contributed by atoms with E-state index < -0.39 is 12.4 Å².